The van der Waals surface area contributed by atoms with Gasteiger partial charge in [0.15, 0.2) is 0 Å². The van der Waals surface area contributed by atoms with Gasteiger partial charge in [0.2, 0.25) is 0 Å². The number of rotatable bonds is 3. The van der Waals surface area contributed by atoms with Crippen molar-refractivity contribution in [3.05, 3.63) is 33.8 Å². The molecule has 0 amide bonds. The van der Waals surface area contributed by atoms with Crippen LogP contribution in [0.4, 0.5) is 13.2 Å². The van der Waals surface area contributed by atoms with Crippen LogP contribution in [0.1, 0.15) is 23.6 Å². The highest BCUT2D eigenvalue weighted by molar-refractivity contribution is 6.31. The Bertz CT molecular complexity index is 535. The van der Waals surface area contributed by atoms with Crippen molar-refractivity contribution in [2.75, 3.05) is 6.61 Å². The second-order valence-electron chi connectivity index (χ2n) is 3.55. The highest BCUT2D eigenvalue weighted by atomic mass is 35.5. The van der Waals surface area contributed by atoms with Crippen LogP contribution in [-0.2, 0) is 22.1 Å². The molecule has 1 aromatic carbocycles. The van der Waals surface area contributed by atoms with Crippen LogP contribution in [-0.4, -0.2) is 12.6 Å². The van der Waals surface area contributed by atoms with Gasteiger partial charge < -0.3 is 4.74 Å². The Balaban J connectivity index is 3.33. The monoisotopic (exact) mass is 291 g/mol. The molecule has 3 nitrogen and oxygen atoms in total. The molecule has 0 N–H and O–H groups in total. The molecule has 0 aliphatic rings. The van der Waals surface area contributed by atoms with Gasteiger partial charge in [0, 0.05) is 0 Å². The number of nitriles is 1. The number of alkyl halides is 3. The van der Waals surface area contributed by atoms with E-state index in [9.17, 15) is 18.0 Å². The number of hydrogen-bond acceptors (Lipinski definition) is 3. The first kappa shape index (κ1) is 15.3. The summed E-state index contributed by atoms with van der Waals surface area (Å²) in [5, 5.41) is 8.47. The predicted molar refractivity (Wildman–Crippen MR) is 61.5 cm³/mol. The van der Waals surface area contributed by atoms with Crippen LogP contribution in [0.2, 0.25) is 5.02 Å². The third kappa shape index (κ3) is 3.61. The number of carbonyl (C=O) groups is 1. The minimum absolute atomic E-state index is 0.0683. The van der Waals surface area contributed by atoms with E-state index in [2.05, 4.69) is 4.74 Å². The summed E-state index contributed by atoms with van der Waals surface area (Å²) in [7, 11) is 0. The number of carbonyl (C=O) groups excluding carboxylic acids is 1. The van der Waals surface area contributed by atoms with Crippen LogP contribution >= 0.6 is 11.6 Å². The maximum absolute atomic E-state index is 13.0. The van der Waals surface area contributed by atoms with Gasteiger partial charge in [-0.2, -0.15) is 18.4 Å². The molecule has 0 bridgehead atoms. The van der Waals surface area contributed by atoms with E-state index in [0.717, 1.165) is 12.1 Å². The zero-order chi connectivity index (χ0) is 14.6. The third-order valence-electron chi connectivity index (χ3n) is 2.28. The molecule has 0 atom stereocenters. The summed E-state index contributed by atoms with van der Waals surface area (Å²) < 4.78 is 43.4. The molecule has 0 radical (unpaired) electrons. The molecule has 0 aliphatic heterocycles. The Morgan fingerprint density at radius 2 is 2.11 bits per heavy atom. The number of nitrogens with zero attached hydrogens (tertiary/aromatic N) is 1. The lowest BCUT2D eigenvalue weighted by Gasteiger charge is -2.14. The van der Waals surface area contributed by atoms with Crippen molar-refractivity contribution < 1.29 is 22.7 Å². The van der Waals surface area contributed by atoms with E-state index < -0.39 is 29.7 Å². The van der Waals surface area contributed by atoms with E-state index in [1.54, 1.807) is 6.92 Å². The van der Waals surface area contributed by atoms with E-state index in [1.807, 2.05) is 0 Å². The van der Waals surface area contributed by atoms with Crippen LogP contribution in [0.15, 0.2) is 12.1 Å². The Hall–Kier alpha value is -1.74. The van der Waals surface area contributed by atoms with E-state index >= 15 is 0 Å². The Morgan fingerprint density at radius 3 is 2.58 bits per heavy atom. The molecule has 19 heavy (non-hydrogen) atoms. The molecule has 7 heteroatoms. The van der Waals surface area contributed by atoms with Gasteiger partial charge in [0.25, 0.3) is 0 Å². The number of benzene rings is 1. The summed E-state index contributed by atoms with van der Waals surface area (Å²) in [6, 6.07) is 3.64. The molecular formula is C12H9ClF3NO2. The zero-order valence-electron chi connectivity index (χ0n) is 9.84. The van der Waals surface area contributed by atoms with Crippen LogP contribution in [0.25, 0.3) is 0 Å². The Morgan fingerprint density at radius 1 is 1.47 bits per heavy atom. The fourth-order valence-electron chi connectivity index (χ4n) is 1.57. The zero-order valence-corrected chi connectivity index (χ0v) is 10.6. The molecule has 0 aliphatic carbocycles. The molecule has 0 saturated heterocycles. The second kappa shape index (κ2) is 5.93. The van der Waals surface area contributed by atoms with Crippen molar-refractivity contribution >= 4 is 17.6 Å². The highest BCUT2D eigenvalue weighted by Gasteiger charge is 2.37. The summed E-state index contributed by atoms with van der Waals surface area (Å²) >= 11 is 5.57. The Kier molecular flexibility index (Phi) is 4.78. The van der Waals surface area contributed by atoms with E-state index in [1.165, 1.54) is 6.07 Å². The van der Waals surface area contributed by atoms with Crippen LogP contribution in [0.5, 0.6) is 0 Å². The SMILES string of the molecule is CCOC(=O)Cc1ccc(Cl)c(C#N)c1C(F)(F)F. The fourth-order valence-corrected chi connectivity index (χ4v) is 1.77. The first-order chi connectivity index (χ1) is 8.81. The molecule has 0 unspecified atom stereocenters. The topological polar surface area (TPSA) is 50.1 Å². The maximum Gasteiger partial charge on any atom is 0.418 e. The lowest BCUT2D eigenvalue weighted by Crippen LogP contribution is -2.16. The van der Waals surface area contributed by atoms with Crippen LogP contribution < -0.4 is 0 Å². The summed E-state index contributed by atoms with van der Waals surface area (Å²) in [4.78, 5) is 11.3. The molecule has 0 spiro atoms. The minimum Gasteiger partial charge on any atom is -0.466 e. The normalized spacial score (nSPS) is 10.9. The first-order valence-electron chi connectivity index (χ1n) is 5.25. The van der Waals surface area contributed by atoms with Gasteiger partial charge in [-0.25, -0.2) is 0 Å². The molecule has 0 saturated carbocycles. The molecular weight excluding hydrogens is 283 g/mol. The second-order valence-corrected chi connectivity index (χ2v) is 3.96. The Labute approximate surface area is 112 Å². The highest BCUT2D eigenvalue weighted by Crippen LogP contribution is 2.37. The van der Waals surface area contributed by atoms with Gasteiger partial charge in [-0.1, -0.05) is 17.7 Å². The van der Waals surface area contributed by atoms with Gasteiger partial charge in [-0.3, -0.25) is 4.79 Å². The van der Waals surface area contributed by atoms with Gasteiger partial charge in [-0.15, -0.1) is 0 Å². The average molecular weight is 292 g/mol. The molecule has 0 heterocycles. The van der Waals surface area contributed by atoms with Crippen LogP contribution in [0.3, 0.4) is 0 Å². The summed E-state index contributed by atoms with van der Waals surface area (Å²) in [6.45, 7) is 1.62. The first-order valence-corrected chi connectivity index (χ1v) is 5.63. The lowest BCUT2D eigenvalue weighted by atomic mass is 9.98. The number of ether oxygens (including phenoxy) is 1. The largest absolute Gasteiger partial charge is 0.466 e. The number of hydrogen-bond donors (Lipinski definition) is 0. The van der Waals surface area contributed by atoms with Gasteiger partial charge in [0.1, 0.15) is 6.07 Å². The van der Waals surface area contributed by atoms with Gasteiger partial charge in [0.05, 0.1) is 29.2 Å². The van der Waals surface area contributed by atoms with E-state index in [0.29, 0.717) is 0 Å². The molecule has 0 aromatic heterocycles. The van der Waals surface area contributed by atoms with Crippen molar-refractivity contribution in [1.82, 2.24) is 0 Å². The molecule has 102 valence electrons. The van der Waals surface area contributed by atoms with E-state index in [4.69, 9.17) is 16.9 Å². The quantitative estimate of drug-likeness (QED) is 0.803. The molecule has 1 rings (SSSR count). The van der Waals surface area contributed by atoms with E-state index in [-0.39, 0.29) is 17.2 Å². The summed E-state index contributed by atoms with van der Waals surface area (Å²) in [5.74, 6) is -0.792. The smallest absolute Gasteiger partial charge is 0.418 e. The molecule has 1 aromatic rings. The van der Waals surface area contributed by atoms with Crippen molar-refractivity contribution in [3.63, 3.8) is 0 Å². The predicted octanol–water partition coefficient (Wildman–Crippen LogP) is 3.34. The minimum atomic E-state index is -4.77. The van der Waals surface area contributed by atoms with Crippen molar-refractivity contribution in [1.29, 1.82) is 5.26 Å². The third-order valence-corrected chi connectivity index (χ3v) is 2.59. The summed E-state index contributed by atoms with van der Waals surface area (Å²) in [6.07, 6.45) is -5.33. The average Bonchev–Trinajstić information content (AvgIpc) is 2.29. The van der Waals surface area contributed by atoms with Gasteiger partial charge >= 0.3 is 12.1 Å². The fraction of sp³-hybridized carbons (Fsp3) is 0.333. The van der Waals surface area contributed by atoms with Crippen LogP contribution in [0, 0.1) is 11.3 Å². The lowest BCUT2D eigenvalue weighted by molar-refractivity contribution is -0.143. The van der Waals surface area contributed by atoms with Gasteiger partial charge in [-0.05, 0) is 18.6 Å². The number of esters is 1. The summed E-state index contributed by atoms with van der Waals surface area (Å²) in [5.41, 5.74) is -2.20. The van der Waals surface area contributed by atoms with Crippen molar-refractivity contribution in [2.45, 2.75) is 19.5 Å². The van der Waals surface area contributed by atoms with Crippen molar-refractivity contribution in [2.24, 2.45) is 0 Å². The molecule has 0 fully saturated rings. The number of halogens is 4. The maximum atomic E-state index is 13.0. The van der Waals surface area contributed by atoms with Crippen molar-refractivity contribution in [3.8, 4) is 6.07 Å². The standard InChI is InChI=1S/C12H9ClF3NO2/c1-2-19-10(18)5-7-3-4-9(13)8(6-17)11(7)12(14,15)16/h3-4H,2,5H2,1H3.